The minimum atomic E-state index is -0.354. The molecule has 1 N–H and O–H groups in total. The molecule has 0 bridgehead atoms. The molecule has 1 aliphatic carbocycles. The third kappa shape index (κ3) is 3.34. The predicted octanol–water partition coefficient (Wildman–Crippen LogP) is 4.03. The van der Waals surface area contributed by atoms with Gasteiger partial charge in [0.25, 0.3) is 5.69 Å². The maximum Gasteiger partial charge on any atom is 0.283 e. The maximum absolute atomic E-state index is 10.9. The topological polar surface area (TPSA) is 55.2 Å². The Balaban J connectivity index is 1.93. The largest absolute Gasteiger partial charge is 0.312 e. The minimum Gasteiger partial charge on any atom is -0.312 e. The molecule has 1 aliphatic rings. The highest BCUT2D eigenvalue weighted by Gasteiger charge is 2.34. The summed E-state index contributed by atoms with van der Waals surface area (Å²) in [5.41, 5.74) is 1.56. The first-order valence-electron chi connectivity index (χ1n) is 6.70. The summed E-state index contributed by atoms with van der Waals surface area (Å²) in [4.78, 5) is 10.5. The van der Waals surface area contributed by atoms with Crippen LogP contribution in [0, 0.1) is 15.5 Å². The second-order valence-electron chi connectivity index (χ2n) is 5.35. The average molecular weight is 327 g/mol. The van der Waals surface area contributed by atoms with Gasteiger partial charge in [0.2, 0.25) is 0 Å². The van der Waals surface area contributed by atoms with Crippen LogP contribution in [0.15, 0.2) is 22.7 Å². The Morgan fingerprint density at radius 2 is 2.21 bits per heavy atom. The van der Waals surface area contributed by atoms with Gasteiger partial charge in [0.1, 0.15) is 0 Å². The van der Waals surface area contributed by atoms with Crippen LogP contribution in [0.3, 0.4) is 0 Å². The normalized spacial score (nSPS) is 16.9. The number of rotatable bonds is 6. The van der Waals surface area contributed by atoms with Crippen molar-refractivity contribution in [1.29, 1.82) is 0 Å². The molecule has 1 aromatic carbocycles. The molecule has 0 radical (unpaired) electrons. The summed E-state index contributed by atoms with van der Waals surface area (Å²) in [6.45, 7) is 3.94. The Labute approximate surface area is 121 Å². The van der Waals surface area contributed by atoms with Gasteiger partial charge in [-0.15, -0.1) is 0 Å². The molecule has 5 heteroatoms. The van der Waals surface area contributed by atoms with Crippen LogP contribution < -0.4 is 5.32 Å². The van der Waals surface area contributed by atoms with Crippen molar-refractivity contribution < 1.29 is 4.92 Å². The standard InChI is InChI=1S/C14H19BrN2O2/c1-2-14(6-3-7-14)10-16-9-11-4-5-12(15)13(8-11)17(18)19/h4-5,8,16H,2-3,6-7,9-10H2,1H3. The quantitative estimate of drug-likeness (QED) is 0.634. The van der Waals surface area contributed by atoms with Crippen molar-refractivity contribution in [3.63, 3.8) is 0 Å². The second kappa shape index (κ2) is 6.01. The fourth-order valence-electron chi connectivity index (χ4n) is 2.61. The molecule has 0 saturated heterocycles. The zero-order valence-corrected chi connectivity index (χ0v) is 12.7. The van der Waals surface area contributed by atoms with Crippen molar-refractivity contribution in [2.75, 3.05) is 6.54 Å². The molecular weight excluding hydrogens is 308 g/mol. The zero-order chi connectivity index (χ0) is 13.9. The van der Waals surface area contributed by atoms with E-state index in [1.54, 1.807) is 12.1 Å². The smallest absolute Gasteiger partial charge is 0.283 e. The number of benzene rings is 1. The van der Waals surface area contributed by atoms with Crippen molar-refractivity contribution >= 4 is 21.6 Å². The van der Waals surface area contributed by atoms with E-state index in [0.717, 1.165) is 12.1 Å². The number of hydrogen-bond donors (Lipinski definition) is 1. The van der Waals surface area contributed by atoms with Crippen LogP contribution in [0.2, 0.25) is 0 Å². The van der Waals surface area contributed by atoms with Crippen LogP contribution in [-0.2, 0) is 6.54 Å². The van der Waals surface area contributed by atoms with Crippen molar-refractivity contribution in [3.8, 4) is 0 Å². The van der Waals surface area contributed by atoms with E-state index >= 15 is 0 Å². The molecule has 19 heavy (non-hydrogen) atoms. The van der Waals surface area contributed by atoms with E-state index < -0.39 is 0 Å². The minimum absolute atomic E-state index is 0.133. The Hall–Kier alpha value is -0.940. The molecule has 104 valence electrons. The van der Waals surface area contributed by atoms with Crippen LogP contribution in [0.25, 0.3) is 0 Å². The second-order valence-corrected chi connectivity index (χ2v) is 6.21. The third-order valence-corrected chi connectivity index (χ3v) is 4.87. The van der Waals surface area contributed by atoms with Gasteiger partial charge in [-0.1, -0.05) is 19.4 Å². The molecule has 0 aliphatic heterocycles. The molecule has 1 fully saturated rings. The first kappa shape index (κ1) is 14.5. The number of nitro groups is 1. The SMILES string of the molecule is CCC1(CNCc2ccc(Br)c([N+](=O)[O-])c2)CCC1. The van der Waals surface area contributed by atoms with E-state index in [4.69, 9.17) is 0 Å². The Morgan fingerprint density at radius 1 is 1.47 bits per heavy atom. The van der Waals surface area contributed by atoms with E-state index in [2.05, 4.69) is 28.2 Å². The average Bonchev–Trinajstić information content (AvgIpc) is 2.34. The summed E-state index contributed by atoms with van der Waals surface area (Å²) in [5, 5.41) is 14.3. The van der Waals surface area contributed by atoms with Crippen LogP contribution in [0.1, 0.15) is 38.2 Å². The van der Waals surface area contributed by atoms with Crippen molar-refractivity contribution in [3.05, 3.63) is 38.3 Å². The van der Waals surface area contributed by atoms with Gasteiger partial charge in [-0.3, -0.25) is 10.1 Å². The predicted molar refractivity (Wildman–Crippen MR) is 79.1 cm³/mol. The summed E-state index contributed by atoms with van der Waals surface area (Å²) >= 11 is 3.20. The highest BCUT2D eigenvalue weighted by Crippen LogP contribution is 2.43. The number of halogens is 1. The van der Waals surface area contributed by atoms with Crippen LogP contribution >= 0.6 is 15.9 Å². The number of hydrogen-bond acceptors (Lipinski definition) is 3. The monoisotopic (exact) mass is 326 g/mol. The van der Waals surface area contributed by atoms with Crippen LogP contribution in [0.4, 0.5) is 5.69 Å². The highest BCUT2D eigenvalue weighted by atomic mass is 79.9. The molecular formula is C14H19BrN2O2. The van der Waals surface area contributed by atoms with Gasteiger partial charge in [0, 0.05) is 19.2 Å². The van der Waals surface area contributed by atoms with Gasteiger partial charge >= 0.3 is 0 Å². The van der Waals surface area contributed by atoms with E-state index in [9.17, 15) is 10.1 Å². The van der Waals surface area contributed by atoms with Gasteiger partial charge in [0.05, 0.1) is 9.40 Å². The summed E-state index contributed by atoms with van der Waals surface area (Å²) in [7, 11) is 0. The molecule has 0 atom stereocenters. The summed E-state index contributed by atoms with van der Waals surface area (Å²) in [6, 6.07) is 5.30. The van der Waals surface area contributed by atoms with E-state index in [0.29, 0.717) is 16.4 Å². The first-order chi connectivity index (χ1) is 9.06. The molecule has 1 aromatic rings. The van der Waals surface area contributed by atoms with Crippen molar-refractivity contribution in [1.82, 2.24) is 5.32 Å². The molecule has 4 nitrogen and oxygen atoms in total. The lowest BCUT2D eigenvalue weighted by atomic mass is 9.67. The molecule has 2 rings (SSSR count). The molecule has 1 saturated carbocycles. The summed E-state index contributed by atoms with van der Waals surface area (Å²) in [5.74, 6) is 0. The Morgan fingerprint density at radius 3 is 2.74 bits per heavy atom. The maximum atomic E-state index is 10.9. The lowest BCUT2D eigenvalue weighted by Gasteiger charge is -2.41. The third-order valence-electron chi connectivity index (χ3n) is 4.20. The molecule has 0 unspecified atom stereocenters. The molecule has 0 spiro atoms. The molecule has 0 heterocycles. The van der Waals surface area contributed by atoms with Gasteiger partial charge in [-0.25, -0.2) is 0 Å². The van der Waals surface area contributed by atoms with Gasteiger partial charge in [-0.2, -0.15) is 0 Å². The van der Waals surface area contributed by atoms with E-state index in [-0.39, 0.29) is 10.6 Å². The fraction of sp³-hybridized carbons (Fsp3) is 0.571. The Bertz CT molecular complexity index is 467. The number of nitro benzene ring substituents is 1. The van der Waals surface area contributed by atoms with E-state index in [1.807, 2.05) is 6.07 Å². The molecule has 0 amide bonds. The van der Waals surface area contributed by atoms with Crippen molar-refractivity contribution in [2.45, 2.75) is 39.2 Å². The number of nitrogens with one attached hydrogen (secondary N) is 1. The highest BCUT2D eigenvalue weighted by molar-refractivity contribution is 9.10. The van der Waals surface area contributed by atoms with Crippen LogP contribution in [0.5, 0.6) is 0 Å². The van der Waals surface area contributed by atoms with Gasteiger partial charge in [0.15, 0.2) is 0 Å². The van der Waals surface area contributed by atoms with Gasteiger partial charge in [-0.05, 0) is 52.2 Å². The summed E-state index contributed by atoms with van der Waals surface area (Å²) in [6.07, 6.45) is 5.15. The fourth-order valence-corrected chi connectivity index (χ4v) is 3.00. The van der Waals surface area contributed by atoms with Crippen LogP contribution in [-0.4, -0.2) is 11.5 Å². The summed E-state index contributed by atoms with van der Waals surface area (Å²) < 4.78 is 0.533. The number of nitrogens with zero attached hydrogens (tertiary/aromatic N) is 1. The first-order valence-corrected chi connectivity index (χ1v) is 7.49. The van der Waals surface area contributed by atoms with E-state index in [1.165, 1.54) is 25.7 Å². The lowest BCUT2D eigenvalue weighted by Crippen LogP contribution is -2.39. The van der Waals surface area contributed by atoms with Crippen molar-refractivity contribution in [2.24, 2.45) is 5.41 Å². The molecule has 0 aromatic heterocycles. The van der Waals surface area contributed by atoms with Gasteiger partial charge < -0.3 is 5.32 Å². The Kier molecular flexibility index (Phi) is 4.58. The zero-order valence-electron chi connectivity index (χ0n) is 11.1. The lowest BCUT2D eigenvalue weighted by molar-refractivity contribution is -0.385.